The number of anilines is 1. The van der Waals surface area contributed by atoms with Crippen molar-refractivity contribution in [2.24, 2.45) is 0 Å². The molecule has 0 saturated carbocycles. The summed E-state index contributed by atoms with van der Waals surface area (Å²) in [6.07, 6.45) is -0.808. The van der Waals surface area contributed by atoms with Gasteiger partial charge in [0.05, 0.1) is 12.4 Å². The summed E-state index contributed by atoms with van der Waals surface area (Å²) in [4.78, 5) is 39.5. The van der Waals surface area contributed by atoms with E-state index in [4.69, 9.17) is 5.73 Å². The van der Waals surface area contributed by atoms with E-state index in [0.29, 0.717) is 0 Å². The SMILES string of the molecule is CCOC(=O)NC(=O)CSc1nc(N)cc(=O)[nH]1. The molecule has 0 aromatic carbocycles. The molecule has 8 nitrogen and oxygen atoms in total. The molecule has 0 unspecified atom stereocenters. The number of aromatic nitrogens is 2. The minimum Gasteiger partial charge on any atom is -0.450 e. The number of amides is 2. The Morgan fingerprint density at radius 1 is 1.61 bits per heavy atom. The van der Waals surface area contributed by atoms with Gasteiger partial charge in [-0.1, -0.05) is 11.8 Å². The molecule has 1 rings (SSSR count). The number of aromatic amines is 1. The van der Waals surface area contributed by atoms with Crippen molar-refractivity contribution in [1.82, 2.24) is 15.3 Å². The van der Waals surface area contributed by atoms with Crippen LogP contribution in [0.4, 0.5) is 10.6 Å². The van der Waals surface area contributed by atoms with Crippen LogP contribution in [0.3, 0.4) is 0 Å². The lowest BCUT2D eigenvalue weighted by molar-refractivity contribution is -0.117. The lowest BCUT2D eigenvalue weighted by Gasteiger charge is -2.03. The fourth-order valence-electron chi connectivity index (χ4n) is 0.973. The van der Waals surface area contributed by atoms with Crippen LogP contribution in [0.2, 0.25) is 0 Å². The predicted octanol–water partition coefficient (Wildman–Crippen LogP) is -0.283. The number of imide groups is 1. The van der Waals surface area contributed by atoms with Crippen LogP contribution in [0.15, 0.2) is 16.0 Å². The van der Waals surface area contributed by atoms with Crippen molar-refractivity contribution in [2.75, 3.05) is 18.1 Å². The zero-order chi connectivity index (χ0) is 13.5. The van der Waals surface area contributed by atoms with Gasteiger partial charge >= 0.3 is 6.09 Å². The second-order valence-corrected chi connectivity index (χ2v) is 4.00. The lowest BCUT2D eigenvalue weighted by atomic mass is 10.6. The molecular formula is C9H12N4O4S. The average molecular weight is 272 g/mol. The summed E-state index contributed by atoms with van der Waals surface area (Å²) in [6, 6.07) is 1.13. The zero-order valence-electron chi connectivity index (χ0n) is 9.56. The van der Waals surface area contributed by atoms with Gasteiger partial charge in [-0.25, -0.2) is 9.78 Å². The first-order valence-corrected chi connectivity index (χ1v) is 5.96. The van der Waals surface area contributed by atoms with Gasteiger partial charge in [0.2, 0.25) is 5.91 Å². The molecule has 9 heteroatoms. The fraction of sp³-hybridized carbons (Fsp3) is 0.333. The first-order chi connectivity index (χ1) is 8.51. The molecule has 1 heterocycles. The first kappa shape index (κ1) is 14.0. The predicted molar refractivity (Wildman–Crippen MR) is 65.2 cm³/mol. The summed E-state index contributed by atoms with van der Waals surface area (Å²) in [6.45, 7) is 1.80. The van der Waals surface area contributed by atoms with Crippen molar-refractivity contribution in [3.05, 3.63) is 16.4 Å². The molecule has 98 valence electrons. The number of alkyl carbamates (subject to hydrolysis) is 1. The maximum Gasteiger partial charge on any atom is 0.413 e. The molecule has 0 atom stereocenters. The number of nitrogen functional groups attached to an aromatic ring is 1. The molecule has 0 fully saturated rings. The molecule has 18 heavy (non-hydrogen) atoms. The van der Waals surface area contributed by atoms with E-state index < -0.39 is 17.6 Å². The minimum atomic E-state index is -0.808. The molecule has 0 bridgehead atoms. The van der Waals surface area contributed by atoms with Crippen molar-refractivity contribution in [3.63, 3.8) is 0 Å². The van der Waals surface area contributed by atoms with Crippen LogP contribution >= 0.6 is 11.8 Å². The number of nitrogens with one attached hydrogen (secondary N) is 2. The summed E-state index contributed by atoms with van der Waals surface area (Å²) in [5, 5.41) is 2.22. The fourth-order valence-corrected chi connectivity index (χ4v) is 1.66. The monoisotopic (exact) mass is 272 g/mol. The highest BCUT2D eigenvalue weighted by atomic mass is 32.2. The Bertz CT molecular complexity index is 502. The molecule has 4 N–H and O–H groups in total. The number of rotatable bonds is 4. The number of hydrogen-bond donors (Lipinski definition) is 3. The summed E-state index contributed by atoms with van der Waals surface area (Å²) >= 11 is 0.950. The highest BCUT2D eigenvalue weighted by Gasteiger charge is 2.09. The topological polar surface area (TPSA) is 127 Å². The van der Waals surface area contributed by atoms with Crippen LogP contribution in [-0.2, 0) is 9.53 Å². The Morgan fingerprint density at radius 2 is 2.33 bits per heavy atom. The summed E-state index contributed by atoms with van der Waals surface area (Å²) in [5.41, 5.74) is 4.96. The van der Waals surface area contributed by atoms with Gasteiger partial charge in [0.1, 0.15) is 5.82 Å². The van der Waals surface area contributed by atoms with Crippen LogP contribution < -0.4 is 16.6 Å². The average Bonchev–Trinajstić information content (AvgIpc) is 2.25. The lowest BCUT2D eigenvalue weighted by Crippen LogP contribution is -2.32. The largest absolute Gasteiger partial charge is 0.450 e. The molecule has 2 amide bonds. The number of H-pyrrole nitrogens is 1. The third kappa shape index (κ3) is 4.87. The quantitative estimate of drug-likeness (QED) is 0.508. The molecule has 1 aromatic rings. The molecule has 0 radical (unpaired) electrons. The van der Waals surface area contributed by atoms with Crippen molar-refractivity contribution >= 4 is 29.6 Å². The number of nitrogens with zero attached hydrogens (tertiary/aromatic N) is 1. The van der Waals surface area contributed by atoms with Crippen LogP contribution in [-0.4, -0.2) is 34.3 Å². The summed E-state index contributed by atoms with van der Waals surface area (Å²) in [5.74, 6) is -0.582. The minimum absolute atomic E-state index is 0.0621. The van der Waals surface area contributed by atoms with Gasteiger partial charge in [-0.05, 0) is 6.92 Å². The van der Waals surface area contributed by atoms with Gasteiger partial charge in [0.15, 0.2) is 5.16 Å². The highest BCUT2D eigenvalue weighted by Crippen LogP contribution is 2.10. The van der Waals surface area contributed by atoms with Crippen molar-refractivity contribution in [1.29, 1.82) is 0 Å². The second-order valence-electron chi connectivity index (χ2n) is 3.03. The molecular weight excluding hydrogens is 260 g/mol. The number of hydrogen-bond acceptors (Lipinski definition) is 7. The Morgan fingerprint density at radius 3 is 2.94 bits per heavy atom. The number of thioether (sulfide) groups is 1. The normalized spacial score (nSPS) is 9.83. The van der Waals surface area contributed by atoms with Crippen LogP contribution in [0.5, 0.6) is 0 Å². The van der Waals surface area contributed by atoms with Crippen LogP contribution in [0.1, 0.15) is 6.92 Å². The first-order valence-electron chi connectivity index (χ1n) is 4.97. The molecule has 0 aliphatic carbocycles. The van der Waals surface area contributed by atoms with E-state index >= 15 is 0 Å². The Labute approximate surface area is 106 Å². The maximum absolute atomic E-state index is 11.3. The van der Waals surface area contributed by atoms with Crippen molar-refractivity contribution < 1.29 is 14.3 Å². The second kappa shape index (κ2) is 6.64. The standard InChI is InChI=1S/C9H12N4O4S/c1-2-17-9(16)13-7(15)4-18-8-11-5(10)3-6(14)12-8/h3H,2,4H2,1H3,(H,13,15,16)(H3,10,11,12,14). The highest BCUT2D eigenvalue weighted by molar-refractivity contribution is 7.99. The number of carbonyl (C=O) groups excluding carboxylic acids is 2. The zero-order valence-corrected chi connectivity index (χ0v) is 10.4. The number of carbonyl (C=O) groups is 2. The molecule has 0 saturated heterocycles. The Hall–Kier alpha value is -2.03. The van der Waals surface area contributed by atoms with E-state index in [-0.39, 0.29) is 23.3 Å². The van der Waals surface area contributed by atoms with Gasteiger partial charge in [0.25, 0.3) is 5.56 Å². The van der Waals surface area contributed by atoms with E-state index in [2.05, 4.69) is 14.7 Å². The van der Waals surface area contributed by atoms with E-state index in [0.717, 1.165) is 17.8 Å². The molecule has 0 spiro atoms. The van der Waals surface area contributed by atoms with Gasteiger partial charge < -0.3 is 15.5 Å². The molecule has 0 aliphatic heterocycles. The van der Waals surface area contributed by atoms with Gasteiger partial charge in [-0.15, -0.1) is 0 Å². The van der Waals surface area contributed by atoms with E-state index in [1.54, 1.807) is 6.92 Å². The van der Waals surface area contributed by atoms with E-state index in [1.807, 2.05) is 5.32 Å². The van der Waals surface area contributed by atoms with Gasteiger partial charge in [-0.3, -0.25) is 14.9 Å². The van der Waals surface area contributed by atoms with E-state index in [9.17, 15) is 14.4 Å². The van der Waals surface area contributed by atoms with Crippen LogP contribution in [0.25, 0.3) is 0 Å². The third-order valence-electron chi connectivity index (χ3n) is 1.60. The number of nitrogens with two attached hydrogens (primary N) is 1. The van der Waals surface area contributed by atoms with Crippen LogP contribution in [0, 0.1) is 0 Å². The Balaban J connectivity index is 2.47. The summed E-state index contributed by atoms with van der Waals surface area (Å²) < 4.78 is 4.53. The molecule has 1 aromatic heterocycles. The van der Waals surface area contributed by atoms with Gasteiger partial charge in [-0.2, -0.15) is 0 Å². The van der Waals surface area contributed by atoms with Crippen molar-refractivity contribution in [2.45, 2.75) is 12.1 Å². The van der Waals surface area contributed by atoms with Gasteiger partial charge in [0, 0.05) is 6.07 Å². The van der Waals surface area contributed by atoms with E-state index in [1.165, 1.54) is 0 Å². The maximum atomic E-state index is 11.3. The Kier molecular flexibility index (Phi) is 5.18. The molecule has 0 aliphatic rings. The summed E-state index contributed by atoms with van der Waals surface area (Å²) in [7, 11) is 0. The smallest absolute Gasteiger partial charge is 0.413 e. The number of ether oxygens (including phenoxy) is 1. The third-order valence-corrected chi connectivity index (χ3v) is 2.47. The van der Waals surface area contributed by atoms with Crippen molar-refractivity contribution in [3.8, 4) is 0 Å².